The molecule has 0 aliphatic rings. The van der Waals surface area contributed by atoms with Gasteiger partial charge in [-0.05, 0) is 42.5 Å². The maximum atomic E-state index is 12.6. The van der Waals surface area contributed by atoms with Crippen molar-refractivity contribution in [3.05, 3.63) is 66.5 Å². The molecule has 0 fully saturated rings. The van der Waals surface area contributed by atoms with Crippen molar-refractivity contribution in [3.63, 3.8) is 0 Å². The van der Waals surface area contributed by atoms with Crippen molar-refractivity contribution >= 4 is 33.1 Å². The number of methoxy groups -OCH3 is 2. The molecule has 7 heteroatoms. The van der Waals surface area contributed by atoms with E-state index in [1.54, 1.807) is 56.1 Å². The van der Waals surface area contributed by atoms with Gasteiger partial charge in [-0.25, -0.2) is 4.98 Å². The second-order valence-corrected chi connectivity index (χ2v) is 7.03. The zero-order chi connectivity index (χ0) is 19.5. The summed E-state index contributed by atoms with van der Waals surface area (Å²) < 4.78 is 11.5. The highest BCUT2D eigenvalue weighted by molar-refractivity contribution is 7.21. The largest absolute Gasteiger partial charge is 0.497 e. The number of ether oxygens (including phenoxy) is 2. The molecule has 0 aliphatic carbocycles. The second-order valence-electron chi connectivity index (χ2n) is 6.00. The van der Waals surface area contributed by atoms with Crippen LogP contribution in [0.4, 0.5) is 5.69 Å². The molecule has 0 atom stereocenters. The molecule has 2 heterocycles. The molecule has 2 aromatic heterocycles. The number of rotatable bonds is 5. The Hall–Kier alpha value is -3.45. The lowest BCUT2D eigenvalue weighted by Gasteiger charge is -2.09. The molecule has 0 spiro atoms. The fourth-order valence-corrected chi connectivity index (χ4v) is 3.68. The van der Waals surface area contributed by atoms with Crippen molar-refractivity contribution in [2.45, 2.75) is 0 Å². The fraction of sp³-hybridized carbons (Fsp3) is 0.0952. The molecule has 0 aliphatic heterocycles. The number of amides is 1. The van der Waals surface area contributed by atoms with E-state index in [4.69, 9.17) is 9.47 Å². The Morgan fingerprint density at radius 2 is 1.71 bits per heavy atom. The number of hydrogen-bond donors (Lipinski definition) is 1. The Morgan fingerprint density at radius 1 is 1.00 bits per heavy atom. The van der Waals surface area contributed by atoms with Crippen LogP contribution in [0.15, 0.2) is 60.9 Å². The first-order valence-electron chi connectivity index (χ1n) is 8.51. The molecule has 140 valence electrons. The number of aromatic nitrogens is 2. The third kappa shape index (κ3) is 3.65. The normalized spacial score (nSPS) is 10.6. The van der Waals surface area contributed by atoms with Gasteiger partial charge in [-0.15, -0.1) is 11.3 Å². The predicted molar refractivity (Wildman–Crippen MR) is 110 cm³/mol. The van der Waals surface area contributed by atoms with Gasteiger partial charge in [0.1, 0.15) is 22.0 Å². The zero-order valence-electron chi connectivity index (χ0n) is 15.3. The molecule has 6 nitrogen and oxygen atoms in total. The van der Waals surface area contributed by atoms with Crippen LogP contribution in [0.3, 0.4) is 0 Å². The first kappa shape index (κ1) is 17.9. The minimum Gasteiger partial charge on any atom is -0.497 e. The molecule has 0 unspecified atom stereocenters. The van der Waals surface area contributed by atoms with E-state index < -0.39 is 0 Å². The first-order valence-corrected chi connectivity index (χ1v) is 9.33. The summed E-state index contributed by atoms with van der Waals surface area (Å²) in [7, 11) is 3.10. The average Bonchev–Trinajstić information content (AvgIpc) is 3.18. The third-order valence-electron chi connectivity index (χ3n) is 4.19. The molecule has 0 radical (unpaired) electrons. The van der Waals surface area contributed by atoms with Crippen LogP contribution in [-0.4, -0.2) is 30.1 Å². The highest BCUT2D eigenvalue weighted by atomic mass is 32.1. The number of thiazole rings is 1. The van der Waals surface area contributed by atoms with Gasteiger partial charge in [0.15, 0.2) is 0 Å². The summed E-state index contributed by atoms with van der Waals surface area (Å²) in [6.07, 6.45) is 3.52. The summed E-state index contributed by atoms with van der Waals surface area (Å²) >= 11 is 1.61. The minimum atomic E-state index is -0.240. The van der Waals surface area contributed by atoms with Gasteiger partial charge in [0.2, 0.25) is 0 Å². The summed E-state index contributed by atoms with van der Waals surface area (Å²) in [6.45, 7) is 0. The number of hydrogen-bond acceptors (Lipinski definition) is 6. The Bertz CT molecular complexity index is 1080. The zero-order valence-corrected chi connectivity index (χ0v) is 16.1. The van der Waals surface area contributed by atoms with Crippen LogP contribution in [-0.2, 0) is 0 Å². The Morgan fingerprint density at radius 3 is 2.36 bits per heavy atom. The lowest BCUT2D eigenvalue weighted by Crippen LogP contribution is -2.12. The van der Waals surface area contributed by atoms with Crippen LogP contribution in [0, 0.1) is 0 Å². The van der Waals surface area contributed by atoms with Gasteiger partial charge >= 0.3 is 0 Å². The smallest absolute Gasteiger partial charge is 0.255 e. The SMILES string of the molecule is COc1cc(OC)cc(C(=O)Nc2ccc(-c3nc4cnccc4s3)cc2)c1. The summed E-state index contributed by atoms with van der Waals surface area (Å²) in [5.41, 5.74) is 3.02. The maximum absolute atomic E-state index is 12.6. The second kappa shape index (κ2) is 7.66. The quantitative estimate of drug-likeness (QED) is 0.537. The van der Waals surface area contributed by atoms with Crippen molar-refractivity contribution in [1.29, 1.82) is 0 Å². The fourth-order valence-electron chi connectivity index (χ4n) is 2.74. The highest BCUT2D eigenvalue weighted by Crippen LogP contribution is 2.30. The van der Waals surface area contributed by atoms with E-state index in [1.807, 2.05) is 30.3 Å². The van der Waals surface area contributed by atoms with E-state index in [1.165, 1.54) is 0 Å². The van der Waals surface area contributed by atoms with E-state index in [0.29, 0.717) is 22.7 Å². The Labute approximate surface area is 165 Å². The van der Waals surface area contributed by atoms with Crippen molar-refractivity contribution < 1.29 is 14.3 Å². The van der Waals surface area contributed by atoms with Crippen LogP contribution >= 0.6 is 11.3 Å². The van der Waals surface area contributed by atoms with Crippen LogP contribution < -0.4 is 14.8 Å². The van der Waals surface area contributed by atoms with Crippen LogP contribution in [0.25, 0.3) is 20.8 Å². The number of nitrogens with zero attached hydrogens (tertiary/aromatic N) is 2. The number of nitrogens with one attached hydrogen (secondary N) is 1. The summed E-state index contributed by atoms with van der Waals surface area (Å²) in [6, 6.07) is 14.6. The number of carbonyl (C=O) groups is 1. The number of anilines is 1. The van der Waals surface area contributed by atoms with Crippen molar-refractivity contribution in [1.82, 2.24) is 9.97 Å². The Balaban J connectivity index is 1.53. The highest BCUT2D eigenvalue weighted by Gasteiger charge is 2.11. The molecule has 2 aromatic carbocycles. The van der Waals surface area contributed by atoms with E-state index in [9.17, 15) is 4.79 Å². The predicted octanol–water partition coefficient (Wildman–Crippen LogP) is 4.63. The third-order valence-corrected chi connectivity index (χ3v) is 5.28. The molecule has 4 aromatic rings. The maximum Gasteiger partial charge on any atom is 0.255 e. The van der Waals surface area contributed by atoms with E-state index in [0.717, 1.165) is 20.8 Å². The summed E-state index contributed by atoms with van der Waals surface area (Å²) in [5, 5.41) is 3.80. The topological polar surface area (TPSA) is 73.3 Å². The molecular weight excluding hydrogens is 374 g/mol. The van der Waals surface area contributed by atoms with Crippen LogP contribution in [0.2, 0.25) is 0 Å². The lowest BCUT2D eigenvalue weighted by atomic mass is 10.1. The molecule has 1 amide bonds. The van der Waals surface area contributed by atoms with Gasteiger partial charge in [-0.2, -0.15) is 0 Å². The molecule has 0 saturated heterocycles. The van der Waals surface area contributed by atoms with Gasteiger partial charge < -0.3 is 14.8 Å². The first-order chi connectivity index (χ1) is 13.7. The molecule has 28 heavy (non-hydrogen) atoms. The van der Waals surface area contributed by atoms with Crippen LogP contribution in [0.1, 0.15) is 10.4 Å². The van der Waals surface area contributed by atoms with Crippen LogP contribution in [0.5, 0.6) is 11.5 Å². The number of fused-ring (bicyclic) bond motifs is 1. The number of pyridine rings is 1. The molecule has 0 bridgehead atoms. The van der Waals surface area contributed by atoms with E-state index >= 15 is 0 Å². The van der Waals surface area contributed by atoms with E-state index in [-0.39, 0.29) is 5.91 Å². The molecular formula is C21H17N3O3S. The van der Waals surface area contributed by atoms with Crippen molar-refractivity contribution in [2.75, 3.05) is 19.5 Å². The monoisotopic (exact) mass is 391 g/mol. The lowest BCUT2D eigenvalue weighted by molar-refractivity contribution is 0.102. The minimum absolute atomic E-state index is 0.240. The molecule has 4 rings (SSSR count). The summed E-state index contributed by atoms with van der Waals surface area (Å²) in [4.78, 5) is 21.3. The summed E-state index contributed by atoms with van der Waals surface area (Å²) in [5.74, 6) is 0.881. The van der Waals surface area contributed by atoms with Gasteiger partial charge in [-0.3, -0.25) is 9.78 Å². The van der Waals surface area contributed by atoms with Crippen molar-refractivity contribution in [2.24, 2.45) is 0 Å². The van der Waals surface area contributed by atoms with Gasteiger partial charge in [-0.1, -0.05) is 0 Å². The van der Waals surface area contributed by atoms with Gasteiger partial charge in [0.05, 0.1) is 25.1 Å². The Kier molecular flexibility index (Phi) is 4.90. The average molecular weight is 391 g/mol. The standard InChI is InChI=1S/C21H17N3O3S/c1-26-16-9-14(10-17(11-16)27-2)20(25)23-15-5-3-13(4-6-15)21-24-18-12-22-8-7-19(18)28-21/h3-12H,1-2H3,(H,23,25). The van der Waals surface area contributed by atoms with Crippen molar-refractivity contribution in [3.8, 4) is 22.1 Å². The number of carbonyl (C=O) groups excluding carboxylic acids is 1. The molecule has 1 N–H and O–H groups in total. The van der Waals surface area contributed by atoms with Gasteiger partial charge in [0.25, 0.3) is 5.91 Å². The van der Waals surface area contributed by atoms with Gasteiger partial charge in [0, 0.05) is 29.1 Å². The van der Waals surface area contributed by atoms with E-state index in [2.05, 4.69) is 15.3 Å². The number of benzene rings is 2. The molecule has 0 saturated carbocycles.